The van der Waals surface area contributed by atoms with E-state index in [1.54, 1.807) is 0 Å². The van der Waals surface area contributed by atoms with Gasteiger partial charge in [-0.3, -0.25) is 4.79 Å². The smallest absolute Gasteiger partial charge is 0.311 e. The van der Waals surface area contributed by atoms with Gasteiger partial charge in [0.25, 0.3) is 0 Å². The van der Waals surface area contributed by atoms with Gasteiger partial charge >= 0.3 is 5.97 Å². The lowest BCUT2D eigenvalue weighted by Gasteiger charge is -2.14. The molecule has 0 saturated heterocycles. The Kier molecular flexibility index (Phi) is 6.67. The van der Waals surface area contributed by atoms with E-state index in [2.05, 4.69) is 6.92 Å². The first-order valence-electron chi connectivity index (χ1n) is 8.20. The number of ether oxygens (including phenoxy) is 1. The molecule has 1 atom stereocenters. The van der Waals surface area contributed by atoms with Gasteiger partial charge in [0.15, 0.2) is 0 Å². The third kappa shape index (κ3) is 5.44. The van der Waals surface area contributed by atoms with Crippen LogP contribution in [0, 0.1) is 0 Å². The third-order valence-corrected chi connectivity index (χ3v) is 3.85. The Morgan fingerprint density at radius 3 is 2.57 bits per heavy atom. The lowest BCUT2D eigenvalue weighted by Crippen LogP contribution is -2.14. The average Bonchev–Trinajstić information content (AvgIpc) is 2.57. The Bertz CT molecular complexity index is 607. The molecule has 0 fully saturated rings. The summed E-state index contributed by atoms with van der Waals surface area (Å²) >= 11 is 0. The highest BCUT2D eigenvalue weighted by Gasteiger charge is 2.20. The summed E-state index contributed by atoms with van der Waals surface area (Å²) in [5.41, 5.74) is 1.81. The van der Waals surface area contributed by atoms with Crippen molar-refractivity contribution in [1.82, 2.24) is 0 Å². The SMILES string of the molecule is CCCCCOc1cccc(CC(C(=O)O)c2ccccc2)c1. The molecule has 1 N–H and O–H groups in total. The highest BCUT2D eigenvalue weighted by molar-refractivity contribution is 5.76. The Morgan fingerprint density at radius 2 is 1.87 bits per heavy atom. The quantitative estimate of drug-likeness (QED) is 0.685. The minimum Gasteiger partial charge on any atom is -0.494 e. The average molecular weight is 312 g/mol. The Hall–Kier alpha value is -2.29. The summed E-state index contributed by atoms with van der Waals surface area (Å²) in [6.07, 6.45) is 3.84. The van der Waals surface area contributed by atoms with Crippen molar-refractivity contribution in [3.05, 3.63) is 65.7 Å². The molecule has 0 saturated carbocycles. The summed E-state index contributed by atoms with van der Waals surface area (Å²) < 4.78 is 5.75. The molecule has 0 aromatic heterocycles. The van der Waals surface area contributed by atoms with Crippen molar-refractivity contribution in [3.63, 3.8) is 0 Å². The molecule has 0 bridgehead atoms. The first-order chi connectivity index (χ1) is 11.2. The van der Waals surface area contributed by atoms with Gasteiger partial charge in [-0.05, 0) is 36.1 Å². The predicted octanol–water partition coefficient (Wildman–Crippen LogP) is 4.67. The van der Waals surface area contributed by atoms with Crippen molar-refractivity contribution < 1.29 is 14.6 Å². The van der Waals surface area contributed by atoms with Crippen molar-refractivity contribution in [2.24, 2.45) is 0 Å². The molecule has 2 aromatic rings. The molecule has 0 aliphatic rings. The van der Waals surface area contributed by atoms with Crippen LogP contribution < -0.4 is 4.74 Å². The van der Waals surface area contributed by atoms with Crippen molar-refractivity contribution in [3.8, 4) is 5.75 Å². The number of carboxylic acid groups (broad SMARTS) is 1. The molecular formula is C20H24O3. The van der Waals surface area contributed by atoms with Crippen LogP contribution in [-0.2, 0) is 11.2 Å². The largest absolute Gasteiger partial charge is 0.494 e. The van der Waals surface area contributed by atoms with Crippen LogP contribution in [0.4, 0.5) is 0 Å². The Morgan fingerprint density at radius 1 is 1.09 bits per heavy atom. The number of benzene rings is 2. The highest BCUT2D eigenvalue weighted by atomic mass is 16.5. The molecule has 0 radical (unpaired) electrons. The van der Waals surface area contributed by atoms with E-state index in [1.165, 1.54) is 6.42 Å². The zero-order valence-corrected chi connectivity index (χ0v) is 13.6. The molecule has 122 valence electrons. The molecule has 2 aromatic carbocycles. The molecule has 0 aliphatic carbocycles. The second-order valence-electron chi connectivity index (χ2n) is 5.71. The van der Waals surface area contributed by atoms with E-state index in [9.17, 15) is 9.90 Å². The number of aliphatic carboxylic acids is 1. The van der Waals surface area contributed by atoms with E-state index >= 15 is 0 Å². The highest BCUT2D eigenvalue weighted by Crippen LogP contribution is 2.23. The molecule has 3 heteroatoms. The van der Waals surface area contributed by atoms with Gasteiger partial charge in [0.05, 0.1) is 12.5 Å². The summed E-state index contributed by atoms with van der Waals surface area (Å²) in [7, 11) is 0. The monoisotopic (exact) mass is 312 g/mol. The van der Waals surface area contributed by atoms with Gasteiger partial charge in [-0.25, -0.2) is 0 Å². The van der Waals surface area contributed by atoms with E-state index in [1.807, 2.05) is 54.6 Å². The maximum Gasteiger partial charge on any atom is 0.311 e. The van der Waals surface area contributed by atoms with Crippen LogP contribution in [0.15, 0.2) is 54.6 Å². The molecule has 23 heavy (non-hydrogen) atoms. The van der Waals surface area contributed by atoms with Crippen LogP contribution in [0.3, 0.4) is 0 Å². The summed E-state index contributed by atoms with van der Waals surface area (Å²) in [5, 5.41) is 9.53. The van der Waals surface area contributed by atoms with E-state index in [4.69, 9.17) is 4.74 Å². The lowest BCUT2D eigenvalue weighted by molar-refractivity contribution is -0.138. The van der Waals surface area contributed by atoms with Gasteiger partial charge in [-0.15, -0.1) is 0 Å². The number of rotatable bonds is 9. The lowest BCUT2D eigenvalue weighted by atomic mass is 9.92. The fourth-order valence-electron chi connectivity index (χ4n) is 2.57. The number of unbranched alkanes of at least 4 members (excludes halogenated alkanes) is 2. The molecule has 0 aliphatic heterocycles. The zero-order valence-electron chi connectivity index (χ0n) is 13.6. The molecule has 3 nitrogen and oxygen atoms in total. The number of hydrogen-bond acceptors (Lipinski definition) is 2. The standard InChI is InChI=1S/C20H24O3/c1-2-3-7-13-23-18-12-8-9-16(14-18)15-19(20(21)22)17-10-5-4-6-11-17/h4-6,8-12,14,19H,2-3,7,13,15H2,1H3,(H,21,22). The van der Waals surface area contributed by atoms with Crippen molar-refractivity contribution in [1.29, 1.82) is 0 Å². The van der Waals surface area contributed by atoms with E-state index < -0.39 is 11.9 Å². The topological polar surface area (TPSA) is 46.5 Å². The van der Waals surface area contributed by atoms with Gasteiger partial charge in [0.1, 0.15) is 5.75 Å². The summed E-state index contributed by atoms with van der Waals surface area (Å²) in [6.45, 7) is 2.87. The fraction of sp³-hybridized carbons (Fsp3) is 0.350. The molecule has 1 unspecified atom stereocenters. The molecular weight excluding hydrogens is 288 g/mol. The summed E-state index contributed by atoms with van der Waals surface area (Å²) in [5.74, 6) is -0.521. The second kappa shape index (κ2) is 8.99. The second-order valence-corrected chi connectivity index (χ2v) is 5.71. The van der Waals surface area contributed by atoms with Gasteiger partial charge in [0.2, 0.25) is 0 Å². The minimum atomic E-state index is -0.800. The minimum absolute atomic E-state index is 0.464. The summed E-state index contributed by atoms with van der Waals surface area (Å²) in [6, 6.07) is 17.1. The molecule has 0 spiro atoms. The van der Waals surface area contributed by atoms with Crippen molar-refractivity contribution in [2.45, 2.75) is 38.5 Å². The van der Waals surface area contributed by atoms with Crippen LogP contribution in [-0.4, -0.2) is 17.7 Å². The van der Waals surface area contributed by atoms with Crippen LogP contribution in [0.25, 0.3) is 0 Å². The van der Waals surface area contributed by atoms with E-state index in [-0.39, 0.29) is 0 Å². The van der Waals surface area contributed by atoms with Gasteiger partial charge in [-0.2, -0.15) is 0 Å². The van der Waals surface area contributed by atoms with Crippen molar-refractivity contribution in [2.75, 3.05) is 6.61 Å². The van der Waals surface area contributed by atoms with Crippen molar-refractivity contribution >= 4 is 5.97 Å². The third-order valence-electron chi connectivity index (χ3n) is 3.85. The Labute approximate surface area is 137 Å². The fourth-order valence-corrected chi connectivity index (χ4v) is 2.57. The Balaban J connectivity index is 2.04. The first-order valence-corrected chi connectivity index (χ1v) is 8.20. The number of carboxylic acids is 1. The van der Waals surface area contributed by atoms with E-state index in [0.717, 1.165) is 29.7 Å². The van der Waals surface area contributed by atoms with Crippen LogP contribution in [0.1, 0.15) is 43.2 Å². The maximum atomic E-state index is 11.6. The van der Waals surface area contributed by atoms with Gasteiger partial charge < -0.3 is 9.84 Å². The molecule has 0 heterocycles. The zero-order chi connectivity index (χ0) is 16.5. The summed E-state index contributed by atoms with van der Waals surface area (Å²) in [4.78, 5) is 11.6. The predicted molar refractivity (Wildman–Crippen MR) is 92.0 cm³/mol. The molecule has 0 amide bonds. The van der Waals surface area contributed by atoms with Gasteiger partial charge in [-0.1, -0.05) is 62.2 Å². The number of hydrogen-bond donors (Lipinski definition) is 1. The van der Waals surface area contributed by atoms with Crippen LogP contribution in [0.5, 0.6) is 5.75 Å². The van der Waals surface area contributed by atoms with E-state index in [0.29, 0.717) is 13.0 Å². The normalized spacial score (nSPS) is 11.9. The van der Waals surface area contributed by atoms with Crippen LogP contribution in [0.2, 0.25) is 0 Å². The maximum absolute atomic E-state index is 11.6. The van der Waals surface area contributed by atoms with Gasteiger partial charge in [0, 0.05) is 0 Å². The first kappa shape index (κ1) is 17.1. The van der Waals surface area contributed by atoms with Crippen LogP contribution >= 0.6 is 0 Å². The number of carbonyl (C=O) groups is 1. The molecule has 2 rings (SSSR count).